The first-order valence-corrected chi connectivity index (χ1v) is 9.10. The van der Waals surface area contributed by atoms with Crippen molar-refractivity contribution < 1.29 is 5.11 Å². The van der Waals surface area contributed by atoms with E-state index in [0.29, 0.717) is 12.0 Å². The number of hydrogen-bond acceptors (Lipinski definition) is 2. The van der Waals surface area contributed by atoms with E-state index in [1.54, 1.807) is 0 Å². The SMILES string of the molecule is CC(C)CC(O)CNC1CCCCCCCCCCC1. The second-order valence-corrected chi connectivity index (χ2v) is 7.15. The third-order valence-corrected chi connectivity index (χ3v) is 4.49. The fourth-order valence-corrected chi connectivity index (χ4v) is 3.30. The van der Waals surface area contributed by atoms with Gasteiger partial charge in [0, 0.05) is 12.6 Å². The second kappa shape index (κ2) is 11.6. The number of rotatable bonds is 5. The van der Waals surface area contributed by atoms with Crippen molar-refractivity contribution >= 4 is 0 Å². The molecule has 0 spiro atoms. The van der Waals surface area contributed by atoms with Gasteiger partial charge < -0.3 is 10.4 Å². The molecule has 0 aromatic heterocycles. The summed E-state index contributed by atoms with van der Waals surface area (Å²) in [5, 5.41) is 13.6. The minimum absolute atomic E-state index is 0.170. The molecule has 0 bridgehead atoms. The molecular formula is C18H37NO. The van der Waals surface area contributed by atoms with Crippen molar-refractivity contribution in [2.75, 3.05) is 6.54 Å². The molecule has 1 aliphatic rings. The van der Waals surface area contributed by atoms with Gasteiger partial charge in [0.05, 0.1) is 6.10 Å². The van der Waals surface area contributed by atoms with Crippen LogP contribution in [0.15, 0.2) is 0 Å². The van der Waals surface area contributed by atoms with Crippen molar-refractivity contribution in [2.45, 2.75) is 103 Å². The zero-order valence-corrected chi connectivity index (χ0v) is 13.9. The van der Waals surface area contributed by atoms with E-state index in [2.05, 4.69) is 19.2 Å². The first-order valence-electron chi connectivity index (χ1n) is 9.10. The molecule has 0 aromatic carbocycles. The van der Waals surface area contributed by atoms with Gasteiger partial charge in [-0.3, -0.25) is 0 Å². The van der Waals surface area contributed by atoms with Gasteiger partial charge in [0.25, 0.3) is 0 Å². The average Bonchev–Trinajstić information content (AvgIpc) is 2.37. The van der Waals surface area contributed by atoms with Crippen LogP contribution in [0.4, 0.5) is 0 Å². The van der Waals surface area contributed by atoms with E-state index < -0.39 is 0 Å². The smallest absolute Gasteiger partial charge is 0.0667 e. The molecule has 1 fully saturated rings. The van der Waals surface area contributed by atoms with Crippen LogP contribution in [0.25, 0.3) is 0 Å². The van der Waals surface area contributed by atoms with Crippen molar-refractivity contribution in [3.8, 4) is 0 Å². The summed E-state index contributed by atoms with van der Waals surface area (Å²) in [5.74, 6) is 0.586. The molecule has 2 nitrogen and oxygen atoms in total. The summed E-state index contributed by atoms with van der Waals surface area (Å²) in [6.07, 6.45) is 16.0. The predicted octanol–water partition coefficient (Wildman–Crippen LogP) is 4.66. The summed E-state index contributed by atoms with van der Waals surface area (Å²) >= 11 is 0. The van der Waals surface area contributed by atoms with Gasteiger partial charge in [0.1, 0.15) is 0 Å². The number of hydrogen-bond donors (Lipinski definition) is 2. The van der Waals surface area contributed by atoms with E-state index >= 15 is 0 Å². The fourth-order valence-electron chi connectivity index (χ4n) is 3.30. The lowest BCUT2D eigenvalue weighted by molar-refractivity contribution is 0.140. The molecule has 1 unspecified atom stereocenters. The minimum Gasteiger partial charge on any atom is -0.392 e. The Bertz CT molecular complexity index is 205. The largest absolute Gasteiger partial charge is 0.392 e. The maximum atomic E-state index is 10.00. The second-order valence-electron chi connectivity index (χ2n) is 7.15. The molecule has 120 valence electrons. The highest BCUT2D eigenvalue weighted by atomic mass is 16.3. The first kappa shape index (κ1) is 18.0. The molecule has 0 heterocycles. The zero-order valence-electron chi connectivity index (χ0n) is 13.9. The molecular weight excluding hydrogens is 246 g/mol. The van der Waals surface area contributed by atoms with Crippen molar-refractivity contribution in [1.82, 2.24) is 5.32 Å². The lowest BCUT2D eigenvalue weighted by atomic mass is 9.97. The molecule has 2 heteroatoms. The van der Waals surface area contributed by atoms with E-state index in [-0.39, 0.29) is 6.10 Å². The van der Waals surface area contributed by atoms with Gasteiger partial charge in [-0.2, -0.15) is 0 Å². The quantitative estimate of drug-likeness (QED) is 0.769. The molecule has 20 heavy (non-hydrogen) atoms. The monoisotopic (exact) mass is 283 g/mol. The molecule has 0 aromatic rings. The van der Waals surface area contributed by atoms with Crippen LogP contribution in [0.1, 0.15) is 90.9 Å². The lowest BCUT2D eigenvalue weighted by Crippen LogP contribution is -2.36. The van der Waals surface area contributed by atoms with Gasteiger partial charge in [-0.15, -0.1) is 0 Å². The summed E-state index contributed by atoms with van der Waals surface area (Å²) in [6, 6.07) is 0.635. The molecule has 0 aliphatic heterocycles. The van der Waals surface area contributed by atoms with Crippen LogP contribution in [0.2, 0.25) is 0 Å². The first-order chi connectivity index (χ1) is 9.68. The Kier molecular flexibility index (Phi) is 10.4. The third-order valence-electron chi connectivity index (χ3n) is 4.49. The predicted molar refractivity (Wildman–Crippen MR) is 88.0 cm³/mol. The van der Waals surface area contributed by atoms with Crippen LogP contribution in [-0.4, -0.2) is 23.8 Å². The highest BCUT2D eigenvalue weighted by Gasteiger charge is 2.12. The molecule has 0 radical (unpaired) electrons. The van der Waals surface area contributed by atoms with E-state index in [4.69, 9.17) is 0 Å². The van der Waals surface area contributed by atoms with Crippen LogP contribution in [0, 0.1) is 5.92 Å². The number of aliphatic hydroxyl groups is 1. The van der Waals surface area contributed by atoms with Gasteiger partial charge in [-0.1, -0.05) is 71.6 Å². The summed E-state index contributed by atoms with van der Waals surface area (Å²) < 4.78 is 0. The number of nitrogens with one attached hydrogen (secondary N) is 1. The van der Waals surface area contributed by atoms with Crippen LogP contribution in [0.5, 0.6) is 0 Å². The standard InChI is InChI=1S/C18H37NO/c1-16(2)14-18(20)15-19-17-12-10-8-6-4-3-5-7-9-11-13-17/h16-20H,3-15H2,1-2H3. The lowest BCUT2D eigenvalue weighted by Gasteiger charge is -2.22. The molecule has 1 aliphatic carbocycles. The van der Waals surface area contributed by atoms with Crippen LogP contribution in [-0.2, 0) is 0 Å². The van der Waals surface area contributed by atoms with Gasteiger partial charge in [0.2, 0.25) is 0 Å². The molecule has 0 amide bonds. The average molecular weight is 283 g/mol. The highest BCUT2D eigenvalue weighted by Crippen LogP contribution is 2.17. The van der Waals surface area contributed by atoms with Crippen molar-refractivity contribution in [1.29, 1.82) is 0 Å². The Morgan fingerprint density at radius 2 is 1.30 bits per heavy atom. The van der Waals surface area contributed by atoms with E-state index in [1.807, 2.05) is 0 Å². The molecule has 1 saturated carbocycles. The molecule has 1 rings (SSSR count). The van der Waals surface area contributed by atoms with Gasteiger partial charge >= 0.3 is 0 Å². The van der Waals surface area contributed by atoms with Crippen molar-refractivity contribution in [2.24, 2.45) is 5.92 Å². The van der Waals surface area contributed by atoms with Crippen molar-refractivity contribution in [3.63, 3.8) is 0 Å². The van der Waals surface area contributed by atoms with Gasteiger partial charge in [-0.25, -0.2) is 0 Å². The fraction of sp³-hybridized carbons (Fsp3) is 1.00. The van der Waals surface area contributed by atoms with Crippen LogP contribution in [0.3, 0.4) is 0 Å². The third kappa shape index (κ3) is 9.77. The number of aliphatic hydroxyl groups excluding tert-OH is 1. The Balaban J connectivity index is 2.24. The Morgan fingerprint density at radius 1 is 0.850 bits per heavy atom. The van der Waals surface area contributed by atoms with E-state index in [0.717, 1.165) is 13.0 Å². The Hall–Kier alpha value is -0.0800. The Morgan fingerprint density at radius 3 is 1.75 bits per heavy atom. The molecule has 0 saturated heterocycles. The Labute approximate surface area is 126 Å². The maximum absolute atomic E-state index is 10.00. The molecule has 1 atom stereocenters. The van der Waals surface area contributed by atoms with Crippen molar-refractivity contribution in [3.05, 3.63) is 0 Å². The van der Waals surface area contributed by atoms with Crippen LogP contribution < -0.4 is 5.32 Å². The molecule has 2 N–H and O–H groups in total. The van der Waals surface area contributed by atoms with Crippen LogP contribution >= 0.6 is 0 Å². The minimum atomic E-state index is -0.170. The topological polar surface area (TPSA) is 32.3 Å². The zero-order chi connectivity index (χ0) is 14.6. The summed E-state index contributed by atoms with van der Waals surface area (Å²) in [6.45, 7) is 5.14. The maximum Gasteiger partial charge on any atom is 0.0667 e. The van der Waals surface area contributed by atoms with E-state index in [1.165, 1.54) is 70.6 Å². The van der Waals surface area contributed by atoms with Gasteiger partial charge in [-0.05, 0) is 25.2 Å². The summed E-state index contributed by atoms with van der Waals surface area (Å²) in [7, 11) is 0. The van der Waals surface area contributed by atoms with Gasteiger partial charge in [0.15, 0.2) is 0 Å². The highest BCUT2D eigenvalue weighted by molar-refractivity contribution is 4.71. The van der Waals surface area contributed by atoms with E-state index in [9.17, 15) is 5.11 Å². The summed E-state index contributed by atoms with van der Waals surface area (Å²) in [4.78, 5) is 0. The normalized spacial score (nSPS) is 22.2. The summed E-state index contributed by atoms with van der Waals surface area (Å²) in [5.41, 5.74) is 0.